The Kier molecular flexibility index (Phi) is 6.10. The fourth-order valence-electron chi connectivity index (χ4n) is 5.67. The highest BCUT2D eigenvalue weighted by Gasteiger charge is 2.33. The minimum absolute atomic E-state index is 0.0267. The van der Waals surface area contributed by atoms with Gasteiger partial charge in [0.05, 0.1) is 21.2 Å². The van der Waals surface area contributed by atoms with Gasteiger partial charge in [-0.25, -0.2) is 4.99 Å². The lowest BCUT2D eigenvalue weighted by Crippen LogP contribution is -2.38. The molecule has 7 nitrogen and oxygen atoms in total. The van der Waals surface area contributed by atoms with E-state index in [2.05, 4.69) is 12.1 Å². The van der Waals surface area contributed by atoms with Gasteiger partial charge in [-0.15, -0.1) is 0 Å². The fraction of sp³-hybridized carbons (Fsp3) is 0.125. The monoisotopic (exact) mass is 579 g/mol. The van der Waals surface area contributed by atoms with Gasteiger partial charge in [0, 0.05) is 33.9 Å². The number of rotatable bonds is 4. The predicted octanol–water partition coefficient (Wildman–Crippen LogP) is 6.45. The van der Waals surface area contributed by atoms with Crippen molar-refractivity contribution in [2.75, 3.05) is 0 Å². The van der Waals surface area contributed by atoms with Gasteiger partial charge in [-0.3, -0.25) is 19.5 Å². The van der Waals surface area contributed by atoms with E-state index in [9.17, 15) is 14.9 Å². The molecule has 41 heavy (non-hydrogen) atoms. The first-order valence-electron chi connectivity index (χ1n) is 13.1. The molecule has 2 aromatic heterocycles. The lowest BCUT2D eigenvalue weighted by Gasteiger charge is -2.31. The van der Waals surface area contributed by atoms with Crippen LogP contribution < -0.4 is 14.9 Å². The smallest absolute Gasteiger partial charge is 0.273 e. The molecule has 1 aliphatic carbocycles. The van der Waals surface area contributed by atoms with Gasteiger partial charge < -0.3 is 4.42 Å². The molecule has 2 aliphatic rings. The molecule has 7 rings (SSSR count). The molecule has 0 N–H and O–H groups in total. The first-order valence-corrected chi connectivity index (χ1v) is 14.3. The van der Waals surface area contributed by atoms with Crippen LogP contribution in [0.25, 0.3) is 23.1 Å². The molecular formula is C32H22ClN3O4S. The third-order valence-corrected chi connectivity index (χ3v) is 8.99. The van der Waals surface area contributed by atoms with Crippen molar-refractivity contribution in [3.63, 3.8) is 0 Å². The minimum atomic E-state index is -0.406. The number of nitro benzene ring substituents is 1. The highest BCUT2D eigenvalue weighted by atomic mass is 35.5. The highest BCUT2D eigenvalue weighted by molar-refractivity contribution is 7.07. The topological polar surface area (TPSA) is 90.6 Å². The van der Waals surface area contributed by atoms with Gasteiger partial charge in [-0.2, -0.15) is 0 Å². The van der Waals surface area contributed by atoms with Gasteiger partial charge in [-0.1, -0.05) is 77.5 Å². The normalized spacial score (nSPS) is 16.1. The van der Waals surface area contributed by atoms with Gasteiger partial charge >= 0.3 is 0 Å². The maximum Gasteiger partial charge on any atom is 0.273 e. The van der Waals surface area contributed by atoms with Crippen LogP contribution in [0.5, 0.6) is 0 Å². The lowest BCUT2D eigenvalue weighted by molar-refractivity contribution is -0.385. The van der Waals surface area contributed by atoms with Crippen molar-refractivity contribution in [2.45, 2.75) is 25.8 Å². The number of fused-ring (bicyclic) bond motifs is 3. The van der Waals surface area contributed by atoms with Crippen molar-refractivity contribution < 1.29 is 9.34 Å². The molecule has 3 aromatic carbocycles. The Bertz CT molecular complexity index is 2100. The van der Waals surface area contributed by atoms with Crippen LogP contribution in [0.1, 0.15) is 40.5 Å². The van der Waals surface area contributed by atoms with E-state index in [4.69, 9.17) is 21.0 Å². The molecular weight excluding hydrogens is 558 g/mol. The first-order chi connectivity index (χ1) is 19.9. The van der Waals surface area contributed by atoms with E-state index >= 15 is 0 Å². The molecule has 0 saturated carbocycles. The molecule has 1 atom stereocenters. The van der Waals surface area contributed by atoms with Crippen LogP contribution in [-0.2, 0) is 6.42 Å². The molecule has 9 heteroatoms. The summed E-state index contributed by atoms with van der Waals surface area (Å²) in [6.07, 6.45) is 3.35. The minimum Gasteiger partial charge on any atom is -0.457 e. The summed E-state index contributed by atoms with van der Waals surface area (Å²) in [6, 6.07) is 24.0. The van der Waals surface area contributed by atoms with Crippen LogP contribution >= 0.6 is 22.9 Å². The van der Waals surface area contributed by atoms with E-state index in [1.807, 2.05) is 36.4 Å². The number of aryl methyl sites for hydroxylation is 2. The fourth-order valence-corrected chi connectivity index (χ4v) is 6.89. The predicted molar refractivity (Wildman–Crippen MR) is 160 cm³/mol. The van der Waals surface area contributed by atoms with E-state index in [1.165, 1.54) is 23.0 Å². The molecule has 0 amide bonds. The van der Waals surface area contributed by atoms with E-state index in [0.717, 1.165) is 35.2 Å². The number of hydrogen-bond acceptors (Lipinski definition) is 6. The Hall–Kier alpha value is -4.53. The Balaban J connectivity index is 1.38. The second-order valence-electron chi connectivity index (χ2n) is 10.1. The molecule has 0 saturated heterocycles. The summed E-state index contributed by atoms with van der Waals surface area (Å²) < 4.78 is 8.25. The van der Waals surface area contributed by atoms with Crippen LogP contribution in [-0.4, -0.2) is 9.49 Å². The van der Waals surface area contributed by atoms with Crippen LogP contribution in [0.2, 0.25) is 5.02 Å². The number of nitro groups is 1. The zero-order chi connectivity index (χ0) is 28.2. The molecule has 202 valence electrons. The molecule has 3 heterocycles. The van der Waals surface area contributed by atoms with Crippen molar-refractivity contribution in [3.05, 3.63) is 147 Å². The van der Waals surface area contributed by atoms with Gasteiger partial charge in [0.25, 0.3) is 11.2 Å². The Morgan fingerprint density at radius 3 is 2.71 bits per heavy atom. The van der Waals surface area contributed by atoms with Crippen LogP contribution in [0, 0.1) is 17.0 Å². The average molecular weight is 580 g/mol. The second-order valence-corrected chi connectivity index (χ2v) is 11.5. The van der Waals surface area contributed by atoms with Crippen molar-refractivity contribution in [2.24, 2.45) is 4.99 Å². The zero-order valence-corrected chi connectivity index (χ0v) is 23.4. The number of hydrogen-bond donors (Lipinski definition) is 0. The number of furan rings is 1. The number of thiazole rings is 1. The highest BCUT2D eigenvalue weighted by Crippen LogP contribution is 2.42. The number of halogens is 1. The molecule has 0 fully saturated rings. The quantitative estimate of drug-likeness (QED) is 0.181. The molecule has 0 spiro atoms. The van der Waals surface area contributed by atoms with Crippen LogP contribution in [0.3, 0.4) is 0 Å². The maximum atomic E-state index is 14.0. The Morgan fingerprint density at radius 2 is 1.88 bits per heavy atom. The second kappa shape index (κ2) is 9.83. The van der Waals surface area contributed by atoms with Crippen LogP contribution in [0.4, 0.5) is 5.69 Å². The maximum absolute atomic E-state index is 14.0. The molecule has 0 bridgehead atoms. The summed E-state index contributed by atoms with van der Waals surface area (Å²) >= 11 is 8.02. The Labute approximate surface area is 243 Å². The van der Waals surface area contributed by atoms with Gasteiger partial charge in [0.1, 0.15) is 11.5 Å². The number of allylic oxidation sites excluding steroid dienone is 1. The third-order valence-electron chi connectivity index (χ3n) is 7.66. The van der Waals surface area contributed by atoms with E-state index in [0.29, 0.717) is 37.0 Å². The number of nitrogens with zero attached hydrogens (tertiary/aromatic N) is 3. The SMILES string of the molecule is Cc1ccc(-c2ccc(/C=c3\sc4n(c3=O)C(c3ccccc3Cl)C3=C(N=4)c4ccccc4CC3)o2)cc1[N+](=O)[O-]. The largest absolute Gasteiger partial charge is 0.457 e. The van der Waals surface area contributed by atoms with E-state index in [-0.39, 0.29) is 17.3 Å². The Morgan fingerprint density at radius 1 is 1.07 bits per heavy atom. The third kappa shape index (κ3) is 4.27. The van der Waals surface area contributed by atoms with Gasteiger partial charge in [0.15, 0.2) is 4.80 Å². The van der Waals surface area contributed by atoms with E-state index in [1.54, 1.807) is 41.8 Å². The summed E-state index contributed by atoms with van der Waals surface area (Å²) in [4.78, 5) is 30.6. The summed E-state index contributed by atoms with van der Waals surface area (Å²) in [7, 11) is 0. The number of benzene rings is 3. The van der Waals surface area contributed by atoms with Crippen molar-refractivity contribution >= 4 is 40.4 Å². The average Bonchev–Trinajstić information content (AvgIpc) is 3.56. The summed E-state index contributed by atoms with van der Waals surface area (Å²) in [6.45, 7) is 1.70. The molecule has 0 radical (unpaired) electrons. The van der Waals surface area contributed by atoms with E-state index < -0.39 is 4.92 Å². The van der Waals surface area contributed by atoms with Gasteiger partial charge in [-0.05, 0) is 54.7 Å². The standard InChI is InChI=1S/C32H22ClN3O4S/c1-18-10-11-20(16-26(18)36(38)39)27-15-13-21(40-27)17-28-31(37)35-30(23-8-4-5-9-25(23)33)24-14-12-19-6-2-3-7-22(19)29(24)34-32(35)41-28/h2-11,13,15-17,30H,12,14H2,1H3/b28-17-. The summed E-state index contributed by atoms with van der Waals surface area (Å²) in [5, 5.41) is 12.0. The zero-order valence-electron chi connectivity index (χ0n) is 21.8. The molecule has 5 aromatic rings. The van der Waals surface area contributed by atoms with Crippen molar-refractivity contribution in [1.29, 1.82) is 0 Å². The lowest BCUT2D eigenvalue weighted by atomic mass is 9.83. The molecule has 1 unspecified atom stereocenters. The molecule has 1 aliphatic heterocycles. The first kappa shape index (κ1) is 25.4. The van der Waals surface area contributed by atoms with Crippen molar-refractivity contribution in [3.8, 4) is 11.3 Å². The number of aromatic nitrogens is 1. The van der Waals surface area contributed by atoms with Crippen molar-refractivity contribution in [1.82, 2.24) is 4.57 Å². The van der Waals surface area contributed by atoms with Gasteiger partial charge in [0.2, 0.25) is 0 Å². The summed E-state index contributed by atoms with van der Waals surface area (Å²) in [5.41, 5.74) is 6.20. The summed E-state index contributed by atoms with van der Waals surface area (Å²) in [5.74, 6) is 0.949. The van der Waals surface area contributed by atoms with Crippen LogP contribution in [0.15, 0.2) is 98.6 Å².